The summed E-state index contributed by atoms with van der Waals surface area (Å²) >= 11 is 0. The van der Waals surface area contributed by atoms with Crippen LogP contribution >= 0.6 is 0 Å². The molecule has 0 bridgehead atoms. The molecule has 3 heterocycles. The number of benzene rings is 2. The zero-order valence-electron chi connectivity index (χ0n) is 19.6. The molecule has 0 unspecified atom stereocenters. The summed E-state index contributed by atoms with van der Waals surface area (Å²) in [5, 5.41) is 2.97. The summed E-state index contributed by atoms with van der Waals surface area (Å²) in [6, 6.07) is 15.2. The Hall–Kier alpha value is -4.27. The second-order valence-corrected chi connectivity index (χ2v) is 8.61. The quantitative estimate of drug-likeness (QED) is 0.418. The van der Waals surface area contributed by atoms with Gasteiger partial charge in [-0.15, -0.1) is 0 Å². The Kier molecular flexibility index (Phi) is 6.38. The van der Waals surface area contributed by atoms with Gasteiger partial charge in [-0.2, -0.15) is 0 Å². The highest BCUT2D eigenvalue weighted by molar-refractivity contribution is 5.98. The third-order valence-electron chi connectivity index (χ3n) is 6.15. The van der Waals surface area contributed by atoms with Crippen LogP contribution in [0, 0.1) is 0 Å². The molecule has 1 aliphatic heterocycles. The largest absolute Gasteiger partial charge is 0.352 e. The summed E-state index contributed by atoms with van der Waals surface area (Å²) in [7, 11) is 1.81. The van der Waals surface area contributed by atoms with Gasteiger partial charge < -0.3 is 19.7 Å². The number of aromatic nitrogens is 4. The number of piperazine rings is 1. The summed E-state index contributed by atoms with van der Waals surface area (Å²) < 4.78 is 1.98. The van der Waals surface area contributed by atoms with Gasteiger partial charge in [0.05, 0.1) is 23.9 Å². The fourth-order valence-electron chi connectivity index (χ4n) is 4.12. The van der Waals surface area contributed by atoms with Crippen molar-refractivity contribution in [3.8, 4) is 11.3 Å². The van der Waals surface area contributed by atoms with Crippen LogP contribution in [0.5, 0.6) is 0 Å². The number of amides is 2. The van der Waals surface area contributed by atoms with Gasteiger partial charge in [-0.1, -0.05) is 30.3 Å². The SMILES string of the molecule is CN1CCN(c2nc3ccc(C(=O)NCCCn4ccnc4)cc3nc2-c2ccccc2)CC1=O. The predicted octanol–water partition coefficient (Wildman–Crippen LogP) is 2.59. The molecule has 5 rings (SSSR count). The second-order valence-electron chi connectivity index (χ2n) is 8.61. The van der Waals surface area contributed by atoms with Crippen LogP contribution in [0.1, 0.15) is 16.8 Å². The number of hydrogen-bond donors (Lipinski definition) is 1. The van der Waals surface area contributed by atoms with Gasteiger partial charge in [0.2, 0.25) is 5.91 Å². The van der Waals surface area contributed by atoms with Gasteiger partial charge in [0.25, 0.3) is 5.91 Å². The van der Waals surface area contributed by atoms with Gasteiger partial charge in [0.1, 0.15) is 5.69 Å². The number of carbonyl (C=O) groups excluding carboxylic acids is 2. The van der Waals surface area contributed by atoms with Crippen molar-refractivity contribution in [1.29, 1.82) is 0 Å². The number of carbonyl (C=O) groups is 2. The van der Waals surface area contributed by atoms with E-state index >= 15 is 0 Å². The van der Waals surface area contributed by atoms with Crippen molar-refractivity contribution in [2.24, 2.45) is 0 Å². The number of aryl methyl sites for hydroxylation is 1. The molecule has 1 aliphatic rings. The van der Waals surface area contributed by atoms with Crippen LogP contribution in [-0.4, -0.2) is 69.5 Å². The molecule has 1 saturated heterocycles. The molecule has 0 radical (unpaired) electrons. The molecule has 178 valence electrons. The molecule has 1 fully saturated rings. The van der Waals surface area contributed by atoms with E-state index in [0.29, 0.717) is 47.7 Å². The average Bonchev–Trinajstić information content (AvgIpc) is 3.41. The topological polar surface area (TPSA) is 96.2 Å². The number of likely N-dealkylation sites (N-methyl/N-ethyl adjacent to an activating group) is 1. The van der Waals surface area contributed by atoms with E-state index in [-0.39, 0.29) is 18.4 Å². The van der Waals surface area contributed by atoms with Gasteiger partial charge in [0, 0.05) is 56.7 Å². The standard InChI is InChI=1S/C26H27N7O2/c1-31-14-15-33(17-23(31)34)25-24(19-6-3-2-4-7-19)29-22-16-20(8-9-21(22)30-25)26(35)28-10-5-12-32-13-11-27-18-32/h2-4,6-9,11,13,16,18H,5,10,12,14-15,17H2,1H3,(H,28,35). The first-order valence-electron chi connectivity index (χ1n) is 11.7. The van der Waals surface area contributed by atoms with E-state index in [4.69, 9.17) is 9.97 Å². The van der Waals surface area contributed by atoms with Crippen molar-refractivity contribution in [2.45, 2.75) is 13.0 Å². The zero-order valence-corrected chi connectivity index (χ0v) is 19.6. The molecule has 1 N–H and O–H groups in total. The molecule has 2 aromatic heterocycles. The number of imidazole rings is 1. The molecule has 4 aromatic rings. The lowest BCUT2D eigenvalue weighted by atomic mass is 10.1. The van der Waals surface area contributed by atoms with Gasteiger partial charge in [-0.05, 0) is 24.6 Å². The number of hydrogen-bond acceptors (Lipinski definition) is 6. The minimum atomic E-state index is -0.144. The highest BCUT2D eigenvalue weighted by atomic mass is 16.2. The highest BCUT2D eigenvalue weighted by Gasteiger charge is 2.25. The normalized spacial score (nSPS) is 13.9. The van der Waals surface area contributed by atoms with E-state index in [1.807, 2.05) is 59.1 Å². The van der Waals surface area contributed by atoms with Crippen LogP contribution in [0.4, 0.5) is 5.82 Å². The van der Waals surface area contributed by atoms with E-state index in [2.05, 4.69) is 10.3 Å². The van der Waals surface area contributed by atoms with E-state index in [0.717, 1.165) is 18.5 Å². The molecular weight excluding hydrogens is 442 g/mol. The smallest absolute Gasteiger partial charge is 0.251 e. The lowest BCUT2D eigenvalue weighted by molar-refractivity contribution is -0.129. The maximum atomic E-state index is 12.8. The Morgan fingerprint density at radius 1 is 1.06 bits per heavy atom. The fraction of sp³-hybridized carbons (Fsp3) is 0.269. The molecule has 35 heavy (non-hydrogen) atoms. The van der Waals surface area contributed by atoms with E-state index < -0.39 is 0 Å². The van der Waals surface area contributed by atoms with Crippen molar-refractivity contribution < 1.29 is 9.59 Å². The number of anilines is 1. The summed E-state index contributed by atoms with van der Waals surface area (Å²) in [5.74, 6) is 0.591. The minimum Gasteiger partial charge on any atom is -0.352 e. The van der Waals surface area contributed by atoms with Gasteiger partial charge in [0.15, 0.2) is 5.82 Å². The Balaban J connectivity index is 1.41. The number of fused-ring (bicyclic) bond motifs is 1. The van der Waals surface area contributed by atoms with E-state index in [1.165, 1.54) is 0 Å². The molecular formula is C26H27N7O2. The lowest BCUT2D eigenvalue weighted by Gasteiger charge is -2.33. The fourth-order valence-corrected chi connectivity index (χ4v) is 4.12. The van der Waals surface area contributed by atoms with Crippen LogP contribution in [0.15, 0.2) is 67.3 Å². The third-order valence-corrected chi connectivity index (χ3v) is 6.15. The van der Waals surface area contributed by atoms with Crippen molar-refractivity contribution >= 4 is 28.7 Å². The van der Waals surface area contributed by atoms with Crippen LogP contribution in [-0.2, 0) is 11.3 Å². The average molecular weight is 470 g/mol. The first kappa shape index (κ1) is 22.5. The first-order valence-corrected chi connectivity index (χ1v) is 11.7. The molecule has 9 heteroatoms. The van der Waals surface area contributed by atoms with Crippen LogP contribution < -0.4 is 10.2 Å². The lowest BCUT2D eigenvalue weighted by Crippen LogP contribution is -2.49. The molecule has 2 aromatic carbocycles. The van der Waals surface area contributed by atoms with Gasteiger partial charge in [-0.3, -0.25) is 9.59 Å². The van der Waals surface area contributed by atoms with Crippen LogP contribution in [0.3, 0.4) is 0 Å². The number of rotatable bonds is 7. The van der Waals surface area contributed by atoms with Crippen molar-refractivity contribution in [3.05, 3.63) is 72.8 Å². The Bertz CT molecular complexity index is 1340. The summed E-state index contributed by atoms with van der Waals surface area (Å²) in [5.41, 5.74) is 3.48. The molecule has 0 spiro atoms. The van der Waals surface area contributed by atoms with Crippen LogP contribution in [0.25, 0.3) is 22.3 Å². The van der Waals surface area contributed by atoms with Crippen molar-refractivity contribution in [1.82, 2.24) is 29.7 Å². The molecule has 9 nitrogen and oxygen atoms in total. The Labute approximate surface area is 203 Å². The molecule has 0 aliphatic carbocycles. The molecule has 0 saturated carbocycles. The Morgan fingerprint density at radius 2 is 1.91 bits per heavy atom. The molecule has 0 atom stereocenters. The number of nitrogens with one attached hydrogen (secondary N) is 1. The summed E-state index contributed by atoms with van der Waals surface area (Å²) in [4.78, 5) is 42.7. The van der Waals surface area contributed by atoms with E-state index in [9.17, 15) is 9.59 Å². The monoisotopic (exact) mass is 469 g/mol. The van der Waals surface area contributed by atoms with Gasteiger partial charge in [-0.25, -0.2) is 15.0 Å². The number of nitrogens with zero attached hydrogens (tertiary/aromatic N) is 6. The van der Waals surface area contributed by atoms with Crippen molar-refractivity contribution in [2.75, 3.05) is 38.1 Å². The second kappa shape index (κ2) is 9.92. The zero-order chi connectivity index (χ0) is 24.2. The Morgan fingerprint density at radius 3 is 2.69 bits per heavy atom. The maximum Gasteiger partial charge on any atom is 0.251 e. The summed E-state index contributed by atoms with van der Waals surface area (Å²) in [6.07, 6.45) is 6.22. The van der Waals surface area contributed by atoms with Gasteiger partial charge >= 0.3 is 0 Å². The van der Waals surface area contributed by atoms with Crippen LogP contribution in [0.2, 0.25) is 0 Å². The molecule has 2 amide bonds. The highest BCUT2D eigenvalue weighted by Crippen LogP contribution is 2.30. The van der Waals surface area contributed by atoms with E-state index in [1.54, 1.807) is 29.6 Å². The maximum absolute atomic E-state index is 12.8. The minimum absolute atomic E-state index is 0.0530. The third kappa shape index (κ3) is 4.98. The van der Waals surface area contributed by atoms with Crippen molar-refractivity contribution in [3.63, 3.8) is 0 Å². The summed E-state index contributed by atoms with van der Waals surface area (Å²) in [6.45, 7) is 2.93. The predicted molar refractivity (Wildman–Crippen MR) is 134 cm³/mol. The first-order chi connectivity index (χ1) is 17.1.